The Labute approximate surface area is 141 Å². The van der Waals surface area contributed by atoms with E-state index in [4.69, 9.17) is 8.94 Å². The first-order valence-electron chi connectivity index (χ1n) is 7.18. The van der Waals surface area contributed by atoms with Crippen LogP contribution in [0.4, 0.5) is 10.2 Å². The van der Waals surface area contributed by atoms with Crippen LogP contribution in [0.1, 0.15) is 12.2 Å². The third kappa shape index (κ3) is 4.23. The van der Waals surface area contributed by atoms with Crippen molar-refractivity contribution in [3.63, 3.8) is 0 Å². The van der Waals surface area contributed by atoms with Gasteiger partial charge < -0.3 is 14.3 Å². The molecule has 0 bridgehead atoms. The van der Waals surface area contributed by atoms with E-state index in [2.05, 4.69) is 15.5 Å². The zero-order chi connectivity index (χ0) is 16.9. The zero-order valence-electron chi connectivity index (χ0n) is 12.8. The summed E-state index contributed by atoms with van der Waals surface area (Å²) in [6.07, 6.45) is 1.86. The van der Waals surface area contributed by atoms with E-state index in [1.165, 1.54) is 23.9 Å². The zero-order valence-corrected chi connectivity index (χ0v) is 13.6. The van der Waals surface area contributed by atoms with Gasteiger partial charge in [-0.1, -0.05) is 16.9 Å². The highest BCUT2D eigenvalue weighted by Crippen LogP contribution is 2.26. The van der Waals surface area contributed by atoms with Crippen LogP contribution in [-0.2, 0) is 4.79 Å². The molecule has 0 unspecified atom stereocenters. The van der Waals surface area contributed by atoms with E-state index in [9.17, 15) is 9.18 Å². The van der Waals surface area contributed by atoms with Crippen molar-refractivity contribution in [3.05, 3.63) is 48.1 Å². The number of amides is 1. The van der Waals surface area contributed by atoms with Crippen molar-refractivity contribution in [1.29, 1.82) is 0 Å². The lowest BCUT2D eigenvalue weighted by Gasteiger charge is -1.99. The predicted molar refractivity (Wildman–Crippen MR) is 87.1 cm³/mol. The van der Waals surface area contributed by atoms with Crippen LogP contribution in [0.5, 0.6) is 0 Å². The van der Waals surface area contributed by atoms with Gasteiger partial charge in [-0.05, 0) is 31.2 Å². The number of aryl methyl sites for hydroxylation is 1. The second-order valence-electron chi connectivity index (χ2n) is 4.97. The molecule has 1 N–H and O–H groups in total. The van der Waals surface area contributed by atoms with Gasteiger partial charge in [0.05, 0.1) is 6.20 Å². The van der Waals surface area contributed by atoms with E-state index in [1.807, 2.05) is 0 Å². The van der Waals surface area contributed by atoms with Gasteiger partial charge in [0.25, 0.3) is 5.22 Å². The smallest absolute Gasteiger partial charge is 0.256 e. The van der Waals surface area contributed by atoms with Gasteiger partial charge in [0.1, 0.15) is 11.6 Å². The Morgan fingerprint density at radius 3 is 2.83 bits per heavy atom. The number of hydrogen-bond acceptors (Lipinski definition) is 6. The molecule has 8 heteroatoms. The molecule has 0 radical (unpaired) electrons. The van der Waals surface area contributed by atoms with Gasteiger partial charge in [-0.3, -0.25) is 4.79 Å². The summed E-state index contributed by atoms with van der Waals surface area (Å²) in [5, 5.41) is 6.79. The predicted octanol–water partition coefficient (Wildman–Crippen LogP) is 3.90. The molecule has 0 aliphatic carbocycles. The molecule has 0 saturated carbocycles. The second-order valence-corrected chi connectivity index (χ2v) is 6.01. The Kier molecular flexibility index (Phi) is 4.95. The maximum Gasteiger partial charge on any atom is 0.256 e. The van der Waals surface area contributed by atoms with Crippen LogP contribution in [-0.4, -0.2) is 21.8 Å². The number of rotatable bonds is 6. The first-order valence-corrected chi connectivity index (χ1v) is 8.16. The van der Waals surface area contributed by atoms with E-state index in [0.717, 1.165) is 5.56 Å². The molecule has 0 saturated heterocycles. The molecule has 2 heterocycles. The number of aromatic nitrogens is 2. The lowest BCUT2D eigenvalue weighted by molar-refractivity contribution is -0.115. The Morgan fingerprint density at radius 2 is 2.12 bits per heavy atom. The van der Waals surface area contributed by atoms with Crippen molar-refractivity contribution in [1.82, 2.24) is 10.1 Å². The molecule has 0 spiro atoms. The van der Waals surface area contributed by atoms with Gasteiger partial charge in [-0.25, -0.2) is 9.37 Å². The average molecular weight is 347 g/mol. The third-order valence-electron chi connectivity index (χ3n) is 3.06. The number of anilines is 1. The lowest BCUT2D eigenvalue weighted by atomic mass is 10.2. The SMILES string of the molecule is Cc1cc(NC(=O)CCSc2ncc(-c3ccc(F)cc3)o2)no1. The molecule has 1 aromatic carbocycles. The second kappa shape index (κ2) is 7.31. The van der Waals surface area contributed by atoms with Crippen LogP contribution in [0.15, 0.2) is 50.7 Å². The van der Waals surface area contributed by atoms with E-state index in [1.54, 1.807) is 31.3 Å². The summed E-state index contributed by atoms with van der Waals surface area (Å²) < 4.78 is 23.4. The minimum atomic E-state index is -0.304. The molecule has 0 fully saturated rings. The minimum Gasteiger partial charge on any atom is -0.431 e. The van der Waals surface area contributed by atoms with Gasteiger partial charge in [0.2, 0.25) is 5.91 Å². The van der Waals surface area contributed by atoms with E-state index in [-0.39, 0.29) is 18.1 Å². The number of thioether (sulfide) groups is 1. The van der Waals surface area contributed by atoms with Crippen molar-refractivity contribution in [2.24, 2.45) is 0 Å². The van der Waals surface area contributed by atoms with E-state index >= 15 is 0 Å². The number of carbonyl (C=O) groups is 1. The first kappa shape index (κ1) is 16.3. The van der Waals surface area contributed by atoms with Crippen LogP contribution in [0.2, 0.25) is 0 Å². The van der Waals surface area contributed by atoms with Crippen LogP contribution < -0.4 is 5.32 Å². The van der Waals surface area contributed by atoms with Crippen LogP contribution in [0.3, 0.4) is 0 Å². The van der Waals surface area contributed by atoms with Crippen molar-refractivity contribution < 1.29 is 18.1 Å². The van der Waals surface area contributed by atoms with Crippen molar-refractivity contribution in [3.8, 4) is 11.3 Å². The largest absolute Gasteiger partial charge is 0.431 e. The molecular formula is C16H14FN3O3S. The highest BCUT2D eigenvalue weighted by molar-refractivity contribution is 7.99. The first-order chi connectivity index (χ1) is 11.6. The normalized spacial score (nSPS) is 10.8. The van der Waals surface area contributed by atoms with Crippen LogP contribution in [0, 0.1) is 12.7 Å². The maximum atomic E-state index is 12.9. The molecule has 0 atom stereocenters. The molecule has 0 aliphatic heterocycles. The summed E-state index contributed by atoms with van der Waals surface area (Å²) in [6.45, 7) is 1.75. The summed E-state index contributed by atoms with van der Waals surface area (Å²) in [5.74, 6) is 1.62. The highest BCUT2D eigenvalue weighted by atomic mass is 32.2. The molecule has 2 aromatic heterocycles. The topological polar surface area (TPSA) is 81.2 Å². The van der Waals surface area contributed by atoms with Crippen LogP contribution in [0.25, 0.3) is 11.3 Å². The molecule has 6 nitrogen and oxygen atoms in total. The number of halogens is 1. The average Bonchev–Trinajstić information content (AvgIpc) is 3.17. The summed E-state index contributed by atoms with van der Waals surface area (Å²) in [6, 6.07) is 7.62. The standard InChI is InChI=1S/C16H14FN3O3S/c1-10-8-14(20-23-10)19-15(21)6-7-24-16-18-9-13(22-16)11-2-4-12(17)5-3-11/h2-5,8-9H,6-7H2,1H3,(H,19,20,21). The van der Waals surface area contributed by atoms with Crippen molar-refractivity contribution in [2.45, 2.75) is 18.6 Å². The number of hydrogen-bond donors (Lipinski definition) is 1. The minimum absolute atomic E-state index is 0.166. The fraction of sp³-hybridized carbons (Fsp3) is 0.188. The molecule has 24 heavy (non-hydrogen) atoms. The molecule has 1 amide bonds. The summed E-state index contributed by atoms with van der Waals surface area (Å²) >= 11 is 1.33. The van der Waals surface area contributed by atoms with Gasteiger partial charge in [0, 0.05) is 23.8 Å². The lowest BCUT2D eigenvalue weighted by Crippen LogP contribution is -2.12. The van der Waals surface area contributed by atoms with Crippen molar-refractivity contribution in [2.75, 3.05) is 11.1 Å². The van der Waals surface area contributed by atoms with Crippen LogP contribution >= 0.6 is 11.8 Å². The van der Waals surface area contributed by atoms with E-state index < -0.39 is 0 Å². The summed E-state index contributed by atoms with van der Waals surface area (Å²) in [5.41, 5.74) is 0.745. The fourth-order valence-electron chi connectivity index (χ4n) is 1.93. The molecule has 0 aliphatic rings. The number of oxazole rings is 1. The summed E-state index contributed by atoms with van der Waals surface area (Å²) in [7, 11) is 0. The Balaban J connectivity index is 1.48. The molecular weight excluding hydrogens is 333 g/mol. The Bertz CT molecular complexity index is 829. The van der Waals surface area contributed by atoms with Gasteiger partial charge in [0.15, 0.2) is 11.6 Å². The maximum absolute atomic E-state index is 12.9. The van der Waals surface area contributed by atoms with Crippen molar-refractivity contribution >= 4 is 23.5 Å². The molecule has 3 rings (SSSR count). The summed E-state index contributed by atoms with van der Waals surface area (Å²) in [4.78, 5) is 15.9. The Hall–Kier alpha value is -2.61. The highest BCUT2D eigenvalue weighted by Gasteiger charge is 2.10. The molecule has 124 valence electrons. The quantitative estimate of drug-likeness (QED) is 0.681. The molecule has 3 aromatic rings. The number of nitrogens with one attached hydrogen (secondary N) is 1. The Morgan fingerprint density at radius 1 is 1.33 bits per heavy atom. The number of nitrogens with zero attached hydrogens (tertiary/aromatic N) is 2. The van der Waals surface area contributed by atoms with Gasteiger partial charge >= 0.3 is 0 Å². The van der Waals surface area contributed by atoms with E-state index in [0.29, 0.717) is 28.3 Å². The fourth-order valence-corrected chi connectivity index (χ4v) is 2.67. The number of benzene rings is 1. The van der Waals surface area contributed by atoms with Gasteiger partial charge in [-0.2, -0.15) is 0 Å². The monoisotopic (exact) mass is 347 g/mol. The third-order valence-corrected chi connectivity index (χ3v) is 3.91. The number of carbonyl (C=O) groups excluding carboxylic acids is 1. The van der Waals surface area contributed by atoms with Gasteiger partial charge in [-0.15, -0.1) is 0 Å².